The molecular weight excluding hydrogens is 378 g/mol. The van der Waals surface area contributed by atoms with E-state index in [4.69, 9.17) is 5.73 Å². The molecule has 0 spiro atoms. The summed E-state index contributed by atoms with van der Waals surface area (Å²) in [6, 6.07) is -0.0168. The maximum absolute atomic E-state index is 12.6. The van der Waals surface area contributed by atoms with Crippen LogP contribution in [-0.2, 0) is 21.9 Å². The minimum Gasteiger partial charge on any atom is -0.353 e. The van der Waals surface area contributed by atoms with Gasteiger partial charge in [-0.3, -0.25) is 9.48 Å². The number of halogens is 1. The molecule has 0 bridgehead atoms. The molecule has 26 heavy (non-hydrogen) atoms. The van der Waals surface area contributed by atoms with Crippen LogP contribution in [0.2, 0.25) is 0 Å². The van der Waals surface area contributed by atoms with Gasteiger partial charge >= 0.3 is 0 Å². The van der Waals surface area contributed by atoms with E-state index in [1.54, 1.807) is 7.05 Å². The highest BCUT2D eigenvalue weighted by Gasteiger charge is 2.36. The zero-order valence-electron chi connectivity index (χ0n) is 15.6. The Morgan fingerprint density at radius 2 is 1.92 bits per heavy atom. The average molecular weight is 408 g/mol. The van der Waals surface area contributed by atoms with Gasteiger partial charge in [0.2, 0.25) is 15.9 Å². The summed E-state index contributed by atoms with van der Waals surface area (Å²) in [7, 11) is -1.83. The quantitative estimate of drug-likeness (QED) is 0.696. The zero-order chi connectivity index (χ0) is 18.7. The average Bonchev–Trinajstić information content (AvgIpc) is 3.05. The summed E-state index contributed by atoms with van der Waals surface area (Å²) in [6.45, 7) is 5.03. The van der Waals surface area contributed by atoms with Crippen LogP contribution in [-0.4, -0.2) is 54.1 Å². The summed E-state index contributed by atoms with van der Waals surface area (Å²) in [6.07, 6.45) is 5.45. The van der Waals surface area contributed by atoms with E-state index in [2.05, 4.69) is 10.4 Å². The molecule has 0 atom stereocenters. The number of aromatic nitrogens is 2. The van der Waals surface area contributed by atoms with Crippen molar-refractivity contribution in [1.82, 2.24) is 19.4 Å². The second-order valence-electron chi connectivity index (χ2n) is 6.69. The highest BCUT2D eigenvalue weighted by molar-refractivity contribution is 7.89. The number of hydrogen-bond donors (Lipinski definition) is 2. The first-order valence-corrected chi connectivity index (χ1v) is 10.2. The molecule has 2 rings (SSSR count). The third-order valence-electron chi connectivity index (χ3n) is 5.33. The fourth-order valence-corrected chi connectivity index (χ4v) is 4.67. The van der Waals surface area contributed by atoms with Crippen molar-refractivity contribution < 1.29 is 13.2 Å². The minimum absolute atomic E-state index is 0. The van der Waals surface area contributed by atoms with Gasteiger partial charge in [-0.05, 0) is 25.7 Å². The number of piperidine rings is 1. The SMILES string of the molecule is CCC(CC)(CN)C(=O)NC1CCN(S(=O)(=O)c2cnn(C)c2)CC1.Cl. The normalized spacial score (nSPS) is 16.9. The number of carbonyl (C=O) groups excluding carboxylic acids is 1. The predicted molar refractivity (Wildman–Crippen MR) is 102 cm³/mol. The first-order chi connectivity index (χ1) is 11.8. The van der Waals surface area contributed by atoms with E-state index in [0.717, 1.165) is 0 Å². The lowest BCUT2D eigenvalue weighted by atomic mass is 9.81. The summed E-state index contributed by atoms with van der Waals surface area (Å²) >= 11 is 0. The van der Waals surface area contributed by atoms with Crippen molar-refractivity contribution >= 4 is 28.3 Å². The summed E-state index contributed by atoms with van der Waals surface area (Å²) in [5, 5.41) is 7.00. The van der Waals surface area contributed by atoms with Gasteiger partial charge in [0, 0.05) is 38.9 Å². The molecule has 1 aromatic rings. The highest BCUT2D eigenvalue weighted by atomic mass is 35.5. The molecule has 1 aromatic heterocycles. The summed E-state index contributed by atoms with van der Waals surface area (Å²) in [5.74, 6) is -0.0198. The van der Waals surface area contributed by atoms with Crippen LogP contribution in [0.15, 0.2) is 17.3 Å². The van der Waals surface area contributed by atoms with Crippen molar-refractivity contribution in [1.29, 1.82) is 0 Å². The molecule has 1 amide bonds. The number of hydrogen-bond acceptors (Lipinski definition) is 5. The third kappa shape index (κ3) is 4.57. The lowest BCUT2D eigenvalue weighted by molar-refractivity contribution is -0.132. The molecule has 0 radical (unpaired) electrons. The number of aryl methyl sites for hydroxylation is 1. The van der Waals surface area contributed by atoms with Crippen LogP contribution in [0.3, 0.4) is 0 Å². The van der Waals surface area contributed by atoms with Gasteiger partial charge in [-0.1, -0.05) is 13.8 Å². The molecule has 8 nitrogen and oxygen atoms in total. The van der Waals surface area contributed by atoms with Gasteiger partial charge in [0.25, 0.3) is 0 Å². The van der Waals surface area contributed by atoms with Crippen molar-refractivity contribution in [3.8, 4) is 0 Å². The van der Waals surface area contributed by atoms with Crippen LogP contribution in [0.4, 0.5) is 0 Å². The Morgan fingerprint density at radius 3 is 2.35 bits per heavy atom. The number of nitrogens with two attached hydrogens (primary N) is 1. The summed E-state index contributed by atoms with van der Waals surface area (Å²) in [5.41, 5.74) is 5.30. The van der Waals surface area contributed by atoms with Crippen molar-refractivity contribution in [2.75, 3.05) is 19.6 Å². The second kappa shape index (κ2) is 9.16. The van der Waals surface area contributed by atoms with Gasteiger partial charge in [0.15, 0.2) is 0 Å². The number of amides is 1. The van der Waals surface area contributed by atoms with Crippen molar-refractivity contribution in [3.05, 3.63) is 12.4 Å². The molecule has 2 heterocycles. The van der Waals surface area contributed by atoms with E-state index in [1.807, 2.05) is 13.8 Å². The van der Waals surface area contributed by atoms with Crippen LogP contribution in [0.25, 0.3) is 0 Å². The predicted octanol–water partition coefficient (Wildman–Crippen LogP) is 0.876. The van der Waals surface area contributed by atoms with E-state index in [0.29, 0.717) is 45.3 Å². The molecule has 0 unspecified atom stereocenters. The molecule has 10 heteroatoms. The molecule has 0 aliphatic carbocycles. The minimum atomic E-state index is -3.52. The van der Waals surface area contributed by atoms with Gasteiger partial charge in [0.05, 0.1) is 11.6 Å². The summed E-state index contributed by atoms with van der Waals surface area (Å²) < 4.78 is 28.1. The molecular formula is C16H30ClN5O3S. The van der Waals surface area contributed by atoms with Crippen LogP contribution in [0.1, 0.15) is 39.5 Å². The van der Waals surface area contributed by atoms with Gasteiger partial charge in [-0.25, -0.2) is 8.42 Å². The van der Waals surface area contributed by atoms with E-state index in [-0.39, 0.29) is 29.3 Å². The molecule has 1 aliphatic heterocycles. The van der Waals surface area contributed by atoms with E-state index in [9.17, 15) is 13.2 Å². The standard InChI is InChI=1S/C16H29N5O3S.ClH/c1-4-16(5-2,12-17)15(22)19-13-6-8-21(9-7-13)25(23,24)14-10-18-20(3)11-14;/h10-11,13H,4-9,12,17H2,1-3H3,(H,19,22);1H. The monoisotopic (exact) mass is 407 g/mol. The Kier molecular flexibility index (Phi) is 8.06. The number of sulfonamides is 1. The Balaban J connectivity index is 0.00000338. The smallest absolute Gasteiger partial charge is 0.246 e. The number of nitrogens with one attached hydrogen (secondary N) is 1. The molecule has 3 N–H and O–H groups in total. The van der Waals surface area contributed by atoms with E-state index < -0.39 is 15.4 Å². The largest absolute Gasteiger partial charge is 0.353 e. The van der Waals surface area contributed by atoms with Crippen LogP contribution in [0, 0.1) is 5.41 Å². The lowest BCUT2D eigenvalue weighted by Gasteiger charge is -2.35. The van der Waals surface area contributed by atoms with Crippen LogP contribution < -0.4 is 11.1 Å². The number of nitrogens with zero attached hydrogens (tertiary/aromatic N) is 3. The first-order valence-electron chi connectivity index (χ1n) is 8.79. The van der Waals surface area contributed by atoms with Crippen molar-refractivity contribution in [2.24, 2.45) is 18.2 Å². The fourth-order valence-electron chi connectivity index (χ4n) is 3.21. The van der Waals surface area contributed by atoms with Gasteiger partial charge in [0.1, 0.15) is 4.90 Å². The van der Waals surface area contributed by atoms with Crippen LogP contribution in [0.5, 0.6) is 0 Å². The van der Waals surface area contributed by atoms with Crippen molar-refractivity contribution in [3.63, 3.8) is 0 Å². The maximum atomic E-state index is 12.6. The second-order valence-corrected chi connectivity index (χ2v) is 8.63. The lowest BCUT2D eigenvalue weighted by Crippen LogP contribution is -2.52. The van der Waals surface area contributed by atoms with Crippen molar-refractivity contribution in [2.45, 2.75) is 50.5 Å². The number of carbonyl (C=O) groups is 1. The van der Waals surface area contributed by atoms with Gasteiger partial charge < -0.3 is 11.1 Å². The van der Waals surface area contributed by atoms with E-state index in [1.165, 1.54) is 21.4 Å². The molecule has 0 aromatic carbocycles. The zero-order valence-corrected chi connectivity index (χ0v) is 17.3. The molecule has 150 valence electrons. The Hall–Kier alpha value is -1.16. The topological polar surface area (TPSA) is 110 Å². The highest BCUT2D eigenvalue weighted by Crippen LogP contribution is 2.26. The molecule has 1 fully saturated rings. The first kappa shape index (κ1) is 22.9. The molecule has 1 aliphatic rings. The molecule has 1 saturated heterocycles. The summed E-state index contributed by atoms with van der Waals surface area (Å²) in [4.78, 5) is 12.8. The van der Waals surface area contributed by atoms with E-state index >= 15 is 0 Å². The Morgan fingerprint density at radius 1 is 1.35 bits per heavy atom. The fraction of sp³-hybridized carbons (Fsp3) is 0.750. The molecule has 0 saturated carbocycles. The van der Waals surface area contributed by atoms with Crippen LogP contribution >= 0.6 is 12.4 Å². The number of rotatable bonds is 7. The third-order valence-corrected chi connectivity index (χ3v) is 7.19. The Bertz CT molecular complexity index is 686. The van der Waals surface area contributed by atoms with Gasteiger partial charge in [-0.2, -0.15) is 9.40 Å². The van der Waals surface area contributed by atoms with Gasteiger partial charge in [-0.15, -0.1) is 12.4 Å². The maximum Gasteiger partial charge on any atom is 0.246 e. The Labute approximate surface area is 162 Å².